The third-order valence-electron chi connectivity index (χ3n) is 5.19. The van der Waals surface area contributed by atoms with Gasteiger partial charge in [0.1, 0.15) is 11.4 Å². The maximum absolute atomic E-state index is 11.1. The number of ether oxygens (including phenoxy) is 1. The van der Waals surface area contributed by atoms with E-state index in [-0.39, 0.29) is 5.60 Å². The molecule has 2 nitrogen and oxygen atoms in total. The number of hydrogen-bond donors (Lipinski definition) is 0. The first-order valence-corrected chi connectivity index (χ1v) is 11.9. The fourth-order valence-electron chi connectivity index (χ4n) is 3.61. The van der Waals surface area contributed by atoms with Crippen LogP contribution in [0.15, 0.2) is 23.6 Å². The molecule has 27 heavy (non-hydrogen) atoms. The van der Waals surface area contributed by atoms with Crippen molar-refractivity contribution in [1.82, 2.24) is 0 Å². The van der Waals surface area contributed by atoms with Crippen molar-refractivity contribution in [3.05, 3.63) is 28.5 Å². The number of carbonyl (C=O) groups excluding carboxylic acids is 1. The number of allylic oxidation sites excluding steroid dienone is 2. The van der Waals surface area contributed by atoms with Gasteiger partial charge in [-0.2, -0.15) is 0 Å². The minimum Gasteiger partial charge on any atom is -0.486 e. The summed E-state index contributed by atoms with van der Waals surface area (Å²) in [6.07, 6.45) is 21.1. The van der Waals surface area contributed by atoms with Crippen molar-refractivity contribution >= 4 is 17.6 Å². The quantitative estimate of drug-likeness (QED) is 0.151. The fraction of sp³-hybridized carbons (Fsp3) is 0.708. The van der Waals surface area contributed by atoms with E-state index in [2.05, 4.69) is 32.9 Å². The second-order valence-electron chi connectivity index (χ2n) is 7.63. The van der Waals surface area contributed by atoms with Crippen molar-refractivity contribution in [2.75, 3.05) is 0 Å². The molecule has 0 saturated heterocycles. The van der Waals surface area contributed by atoms with Crippen LogP contribution in [0.3, 0.4) is 0 Å². The number of unbranched alkanes of at least 4 members (excludes halogenated alkanes) is 6. The van der Waals surface area contributed by atoms with Crippen LogP contribution in [0.2, 0.25) is 0 Å². The van der Waals surface area contributed by atoms with E-state index in [9.17, 15) is 4.79 Å². The minimum absolute atomic E-state index is 0.0964. The SMILES string of the molecule is CC/C=C\CCC(CCCCCC)(CCCCCC)Oc1csc(C=O)c1. The number of aldehydes is 1. The first kappa shape index (κ1) is 23.9. The molecule has 0 radical (unpaired) electrons. The Hall–Kier alpha value is -1.09. The average molecular weight is 393 g/mol. The van der Waals surface area contributed by atoms with E-state index in [1.165, 1.54) is 62.7 Å². The molecular formula is C24H40O2S. The first-order valence-electron chi connectivity index (χ1n) is 11.1. The van der Waals surface area contributed by atoms with Crippen molar-refractivity contribution in [3.8, 4) is 5.75 Å². The monoisotopic (exact) mass is 392 g/mol. The highest BCUT2D eigenvalue weighted by Crippen LogP contribution is 2.35. The van der Waals surface area contributed by atoms with Gasteiger partial charge in [-0.25, -0.2) is 0 Å². The van der Waals surface area contributed by atoms with Crippen LogP contribution in [-0.2, 0) is 0 Å². The van der Waals surface area contributed by atoms with Crippen LogP contribution >= 0.6 is 11.3 Å². The molecule has 0 aromatic carbocycles. The molecule has 0 amide bonds. The minimum atomic E-state index is -0.0964. The predicted molar refractivity (Wildman–Crippen MR) is 119 cm³/mol. The first-order chi connectivity index (χ1) is 13.2. The summed E-state index contributed by atoms with van der Waals surface area (Å²) in [4.78, 5) is 11.8. The highest BCUT2D eigenvalue weighted by molar-refractivity contribution is 7.11. The summed E-state index contributed by atoms with van der Waals surface area (Å²) in [6, 6.07) is 1.91. The van der Waals surface area contributed by atoms with Crippen molar-refractivity contribution in [1.29, 1.82) is 0 Å². The van der Waals surface area contributed by atoms with Gasteiger partial charge in [0, 0.05) is 11.4 Å². The van der Waals surface area contributed by atoms with Gasteiger partial charge in [0.25, 0.3) is 0 Å². The van der Waals surface area contributed by atoms with Crippen molar-refractivity contribution in [2.45, 2.75) is 110 Å². The van der Waals surface area contributed by atoms with Gasteiger partial charge in [0.05, 0.1) is 4.88 Å². The van der Waals surface area contributed by atoms with E-state index in [0.29, 0.717) is 0 Å². The molecule has 1 rings (SSSR count). The number of thiophene rings is 1. The van der Waals surface area contributed by atoms with E-state index in [0.717, 1.165) is 49.0 Å². The smallest absolute Gasteiger partial charge is 0.160 e. The highest BCUT2D eigenvalue weighted by Gasteiger charge is 2.31. The summed E-state index contributed by atoms with van der Waals surface area (Å²) >= 11 is 1.48. The van der Waals surface area contributed by atoms with Crippen molar-refractivity contribution in [2.24, 2.45) is 0 Å². The third-order valence-corrected chi connectivity index (χ3v) is 6.02. The second kappa shape index (κ2) is 14.9. The van der Waals surface area contributed by atoms with E-state index < -0.39 is 0 Å². The molecule has 154 valence electrons. The Kier molecular flexibility index (Phi) is 13.2. The summed E-state index contributed by atoms with van der Waals surface area (Å²) in [5.74, 6) is 0.882. The molecule has 0 N–H and O–H groups in total. The molecule has 0 aliphatic rings. The molecule has 3 heteroatoms. The predicted octanol–water partition coefficient (Wildman–Crippen LogP) is 8.37. The molecule has 0 spiro atoms. The second-order valence-corrected chi connectivity index (χ2v) is 8.57. The Labute approximate surface area is 171 Å². The van der Waals surface area contributed by atoms with Crippen LogP contribution in [-0.4, -0.2) is 11.9 Å². The Morgan fingerprint density at radius 1 is 0.926 bits per heavy atom. The molecule has 0 fully saturated rings. The van der Waals surface area contributed by atoms with Gasteiger partial charge < -0.3 is 4.74 Å². The number of carbonyl (C=O) groups is 1. The molecule has 0 bridgehead atoms. The van der Waals surface area contributed by atoms with Gasteiger partial charge in [-0.05, 0) is 44.9 Å². The molecule has 1 aromatic rings. The zero-order chi connectivity index (χ0) is 19.8. The van der Waals surface area contributed by atoms with Crippen molar-refractivity contribution in [3.63, 3.8) is 0 Å². The Morgan fingerprint density at radius 3 is 2.11 bits per heavy atom. The van der Waals surface area contributed by atoms with Gasteiger partial charge in [-0.3, -0.25) is 4.79 Å². The molecule has 0 aliphatic heterocycles. The standard InChI is InChI=1S/C24H40O2S/c1-4-7-10-13-16-24(17-14-11-8-5-2,18-15-12-9-6-3)26-22-19-23(20-25)27-21-22/h7,10,19-21H,4-6,8-9,11-18H2,1-3H3/b10-7-. The Bertz CT molecular complexity index is 506. The zero-order valence-corrected chi connectivity index (χ0v) is 18.6. The van der Waals surface area contributed by atoms with Crippen LogP contribution in [0.25, 0.3) is 0 Å². The van der Waals surface area contributed by atoms with Gasteiger partial charge >= 0.3 is 0 Å². The van der Waals surface area contributed by atoms with E-state index in [1.54, 1.807) is 0 Å². The zero-order valence-electron chi connectivity index (χ0n) is 17.8. The molecule has 0 atom stereocenters. The maximum Gasteiger partial charge on any atom is 0.160 e. The van der Waals surface area contributed by atoms with Gasteiger partial charge in [-0.15, -0.1) is 11.3 Å². The Morgan fingerprint density at radius 2 is 1.59 bits per heavy atom. The van der Waals surface area contributed by atoms with Crippen LogP contribution in [0, 0.1) is 0 Å². The molecular weight excluding hydrogens is 352 g/mol. The topological polar surface area (TPSA) is 26.3 Å². The average Bonchev–Trinajstić information content (AvgIpc) is 3.13. The normalized spacial score (nSPS) is 12.0. The molecule has 1 heterocycles. The third kappa shape index (κ3) is 10.1. The maximum atomic E-state index is 11.1. The van der Waals surface area contributed by atoms with E-state index in [1.807, 2.05) is 11.4 Å². The van der Waals surface area contributed by atoms with Crippen LogP contribution in [0.4, 0.5) is 0 Å². The van der Waals surface area contributed by atoms with Crippen LogP contribution < -0.4 is 4.74 Å². The van der Waals surface area contributed by atoms with Gasteiger partial charge in [-0.1, -0.05) is 71.4 Å². The van der Waals surface area contributed by atoms with Gasteiger partial charge in [0.2, 0.25) is 0 Å². The molecule has 1 aromatic heterocycles. The summed E-state index contributed by atoms with van der Waals surface area (Å²) in [5.41, 5.74) is -0.0964. The van der Waals surface area contributed by atoms with Crippen LogP contribution in [0.1, 0.15) is 114 Å². The fourth-order valence-corrected chi connectivity index (χ4v) is 4.21. The van der Waals surface area contributed by atoms with Crippen molar-refractivity contribution < 1.29 is 9.53 Å². The summed E-state index contributed by atoms with van der Waals surface area (Å²) in [5, 5.41) is 2.00. The molecule has 0 aliphatic carbocycles. The number of rotatable bonds is 17. The van der Waals surface area contributed by atoms with E-state index in [4.69, 9.17) is 4.74 Å². The lowest BCUT2D eigenvalue weighted by Gasteiger charge is -2.35. The summed E-state index contributed by atoms with van der Waals surface area (Å²) in [7, 11) is 0. The van der Waals surface area contributed by atoms with Crippen LogP contribution in [0.5, 0.6) is 5.75 Å². The lowest BCUT2D eigenvalue weighted by molar-refractivity contribution is 0.0372. The Balaban J connectivity index is 2.87. The largest absolute Gasteiger partial charge is 0.486 e. The highest BCUT2D eigenvalue weighted by atomic mass is 32.1. The summed E-state index contributed by atoms with van der Waals surface area (Å²) < 4.78 is 6.64. The summed E-state index contributed by atoms with van der Waals surface area (Å²) in [6.45, 7) is 6.70. The lowest BCUT2D eigenvalue weighted by Crippen LogP contribution is -2.36. The van der Waals surface area contributed by atoms with Gasteiger partial charge in [0.15, 0.2) is 6.29 Å². The molecule has 0 saturated carbocycles. The lowest BCUT2D eigenvalue weighted by atomic mass is 9.85. The number of hydrogen-bond acceptors (Lipinski definition) is 3. The molecule has 0 unspecified atom stereocenters. The van der Waals surface area contributed by atoms with E-state index >= 15 is 0 Å².